The van der Waals surface area contributed by atoms with Gasteiger partial charge in [0, 0.05) is 16.8 Å². The van der Waals surface area contributed by atoms with Crippen LogP contribution in [0, 0.1) is 0 Å². The summed E-state index contributed by atoms with van der Waals surface area (Å²) in [5, 5.41) is 0. The summed E-state index contributed by atoms with van der Waals surface area (Å²) in [5.41, 5.74) is 2.39. The van der Waals surface area contributed by atoms with Crippen LogP contribution in [0.25, 0.3) is 0 Å². The number of carbonyl (C=O) groups excluding carboxylic acids is 1. The average Bonchev–Trinajstić information content (AvgIpc) is 2.51. The van der Waals surface area contributed by atoms with Crippen LogP contribution in [0.15, 0.2) is 18.2 Å². The van der Waals surface area contributed by atoms with Gasteiger partial charge in [-0.15, -0.1) is 0 Å². The molecule has 0 saturated carbocycles. The molecule has 0 atom stereocenters. The first kappa shape index (κ1) is 6.23. The molecule has 2 nitrogen and oxygen atoms in total. The minimum absolute atomic E-state index is 0.187. The number of benzene rings is 1. The van der Waals surface area contributed by atoms with Crippen molar-refractivity contribution in [2.75, 3.05) is 11.9 Å². The average molecular weight is 192 g/mol. The smallest absolute Gasteiger partial charge is 0.231 e. The quantitative estimate of drug-likeness (QED) is 0.668. The molecule has 1 aliphatic rings. The van der Waals surface area contributed by atoms with E-state index >= 15 is 0 Å². The van der Waals surface area contributed by atoms with E-state index in [1.807, 2.05) is 32.0 Å². The topological polar surface area (TPSA) is 20.3 Å². The van der Waals surface area contributed by atoms with E-state index < -0.39 is 6.98 Å². The van der Waals surface area contributed by atoms with Crippen LogP contribution in [-0.4, -0.2) is 12.9 Å². The van der Waals surface area contributed by atoms with Gasteiger partial charge in [-0.25, -0.2) is 0 Å². The standard InChI is InChI=1S/C12H15NO/c1-8(2)9-4-5-10-7-12(14)13(3)11(10)6-9/h4-6,8H,7H2,1-3H3/i3D3. The van der Waals surface area contributed by atoms with E-state index in [2.05, 4.69) is 0 Å². The van der Waals surface area contributed by atoms with Gasteiger partial charge in [-0.3, -0.25) is 4.79 Å². The first-order valence-electron chi connectivity index (χ1n) is 6.26. The van der Waals surface area contributed by atoms with E-state index in [1.165, 1.54) is 0 Å². The van der Waals surface area contributed by atoms with Crippen molar-refractivity contribution in [3.05, 3.63) is 29.3 Å². The van der Waals surface area contributed by atoms with Crippen LogP contribution in [0.5, 0.6) is 0 Å². The maximum absolute atomic E-state index is 11.7. The van der Waals surface area contributed by atoms with Gasteiger partial charge in [0.15, 0.2) is 0 Å². The third-order valence-corrected chi connectivity index (χ3v) is 2.61. The fourth-order valence-electron chi connectivity index (χ4n) is 1.67. The summed E-state index contributed by atoms with van der Waals surface area (Å²) >= 11 is 0. The molecule has 0 fully saturated rings. The van der Waals surface area contributed by atoms with Crippen LogP contribution in [0.4, 0.5) is 5.69 Å². The fourth-order valence-corrected chi connectivity index (χ4v) is 1.67. The highest BCUT2D eigenvalue weighted by molar-refractivity contribution is 6.00. The first-order chi connectivity index (χ1) is 7.80. The molecular weight excluding hydrogens is 174 g/mol. The Kier molecular flexibility index (Phi) is 1.39. The Bertz CT molecular complexity index is 465. The lowest BCUT2D eigenvalue weighted by molar-refractivity contribution is -0.117. The summed E-state index contributed by atoms with van der Waals surface area (Å²) < 4.78 is 22.2. The second kappa shape index (κ2) is 3.12. The maximum atomic E-state index is 11.7. The van der Waals surface area contributed by atoms with Crippen LogP contribution >= 0.6 is 0 Å². The van der Waals surface area contributed by atoms with Crippen LogP contribution in [0.2, 0.25) is 0 Å². The number of carbonyl (C=O) groups is 1. The summed E-state index contributed by atoms with van der Waals surface area (Å²) in [6, 6.07) is 5.63. The fraction of sp³-hybridized carbons (Fsp3) is 0.417. The summed E-state index contributed by atoms with van der Waals surface area (Å²) in [6.45, 7) is 1.69. The summed E-state index contributed by atoms with van der Waals surface area (Å²) in [5.74, 6) is -0.0321. The third-order valence-electron chi connectivity index (χ3n) is 2.61. The molecule has 0 saturated heterocycles. The minimum atomic E-state index is -2.39. The number of amides is 1. The van der Waals surface area contributed by atoms with Crippen molar-refractivity contribution in [2.45, 2.75) is 26.2 Å². The van der Waals surface area contributed by atoms with Crippen molar-refractivity contribution < 1.29 is 8.91 Å². The predicted octanol–water partition coefficient (Wildman–Crippen LogP) is 2.33. The molecule has 14 heavy (non-hydrogen) atoms. The van der Waals surface area contributed by atoms with Gasteiger partial charge in [0.25, 0.3) is 0 Å². The van der Waals surface area contributed by atoms with E-state index in [1.54, 1.807) is 0 Å². The number of hydrogen-bond acceptors (Lipinski definition) is 1. The van der Waals surface area contributed by atoms with E-state index in [0.717, 1.165) is 16.0 Å². The van der Waals surface area contributed by atoms with Gasteiger partial charge < -0.3 is 4.90 Å². The van der Waals surface area contributed by atoms with Crippen molar-refractivity contribution >= 4 is 11.6 Å². The molecule has 1 aromatic rings. The zero-order valence-corrected chi connectivity index (χ0v) is 8.37. The van der Waals surface area contributed by atoms with Crippen LogP contribution in [-0.2, 0) is 11.2 Å². The molecule has 2 rings (SSSR count). The van der Waals surface area contributed by atoms with E-state index in [0.29, 0.717) is 11.6 Å². The Hall–Kier alpha value is -1.31. The largest absolute Gasteiger partial charge is 0.315 e. The number of nitrogens with zero attached hydrogens (tertiary/aromatic N) is 1. The van der Waals surface area contributed by atoms with Crippen molar-refractivity contribution in [2.24, 2.45) is 0 Å². The van der Waals surface area contributed by atoms with Crippen LogP contribution in [0.3, 0.4) is 0 Å². The Labute approximate surface area is 88.8 Å². The maximum Gasteiger partial charge on any atom is 0.231 e. The van der Waals surface area contributed by atoms with Gasteiger partial charge in [-0.05, 0) is 23.1 Å². The lowest BCUT2D eigenvalue weighted by Gasteiger charge is -2.12. The Morgan fingerprint density at radius 3 is 2.93 bits per heavy atom. The lowest BCUT2D eigenvalue weighted by atomic mass is 10.0. The second-order valence-corrected chi connectivity index (χ2v) is 3.95. The van der Waals surface area contributed by atoms with Crippen molar-refractivity contribution in [1.82, 2.24) is 0 Å². The van der Waals surface area contributed by atoms with Crippen molar-refractivity contribution in [3.63, 3.8) is 0 Å². The minimum Gasteiger partial charge on any atom is -0.315 e. The SMILES string of the molecule is [2H]C([2H])([2H])N1C(=O)Cc2ccc(C(C)C)cc21. The highest BCUT2D eigenvalue weighted by Gasteiger charge is 2.23. The van der Waals surface area contributed by atoms with E-state index in [4.69, 9.17) is 4.11 Å². The molecule has 0 unspecified atom stereocenters. The summed E-state index contributed by atoms with van der Waals surface area (Å²) in [4.78, 5) is 12.7. The van der Waals surface area contributed by atoms with Gasteiger partial charge in [-0.2, -0.15) is 0 Å². The van der Waals surface area contributed by atoms with E-state index in [-0.39, 0.29) is 12.3 Å². The number of rotatable bonds is 1. The number of likely N-dealkylation sites (N-methyl/N-ethyl adjacent to an activating group) is 1. The summed E-state index contributed by atoms with van der Waals surface area (Å²) in [7, 11) is 0. The van der Waals surface area contributed by atoms with Gasteiger partial charge in [-0.1, -0.05) is 26.0 Å². The molecule has 0 aliphatic carbocycles. The molecule has 1 aliphatic heterocycles. The van der Waals surface area contributed by atoms with Crippen LogP contribution in [0.1, 0.15) is 35.0 Å². The number of hydrogen-bond donors (Lipinski definition) is 0. The molecule has 1 heterocycles. The zero-order valence-electron chi connectivity index (χ0n) is 11.4. The van der Waals surface area contributed by atoms with Gasteiger partial charge in [0.2, 0.25) is 5.91 Å². The molecule has 0 aromatic heterocycles. The Balaban J connectivity index is 2.50. The Morgan fingerprint density at radius 1 is 1.50 bits per heavy atom. The highest BCUT2D eigenvalue weighted by Crippen LogP contribution is 2.30. The van der Waals surface area contributed by atoms with Gasteiger partial charge in [0.05, 0.1) is 6.42 Å². The summed E-state index contributed by atoms with van der Waals surface area (Å²) in [6.07, 6.45) is 0.187. The Morgan fingerprint density at radius 2 is 2.29 bits per heavy atom. The third kappa shape index (κ3) is 1.31. The van der Waals surface area contributed by atoms with Gasteiger partial charge >= 0.3 is 0 Å². The monoisotopic (exact) mass is 192 g/mol. The van der Waals surface area contributed by atoms with E-state index in [9.17, 15) is 4.79 Å². The molecule has 1 amide bonds. The lowest BCUT2D eigenvalue weighted by Crippen LogP contribution is -2.20. The number of fused-ring (bicyclic) bond motifs is 1. The molecule has 74 valence electrons. The molecule has 0 radical (unpaired) electrons. The van der Waals surface area contributed by atoms with Crippen molar-refractivity contribution in [3.8, 4) is 0 Å². The predicted molar refractivity (Wildman–Crippen MR) is 57.6 cm³/mol. The molecule has 0 N–H and O–H groups in total. The van der Waals surface area contributed by atoms with Gasteiger partial charge in [0.1, 0.15) is 0 Å². The second-order valence-electron chi connectivity index (χ2n) is 3.95. The highest BCUT2D eigenvalue weighted by atomic mass is 16.2. The molecular formula is C12H15NO. The first-order valence-corrected chi connectivity index (χ1v) is 4.76. The molecule has 0 bridgehead atoms. The molecule has 1 aromatic carbocycles. The zero-order chi connectivity index (χ0) is 12.8. The van der Waals surface area contributed by atoms with Crippen LogP contribution < -0.4 is 4.90 Å². The normalized spacial score (nSPS) is 19.2. The number of anilines is 1. The molecule has 2 heteroatoms. The molecule has 0 spiro atoms. The van der Waals surface area contributed by atoms with Crippen molar-refractivity contribution in [1.29, 1.82) is 0 Å².